The lowest BCUT2D eigenvalue weighted by Gasteiger charge is -2.25. The molecular weight excluding hydrogens is 234 g/mol. The molecule has 0 spiro atoms. The van der Waals surface area contributed by atoms with Crippen molar-refractivity contribution >= 4 is 5.69 Å². The minimum Gasteiger partial charge on any atom is -0.373 e. The van der Waals surface area contributed by atoms with Gasteiger partial charge in [-0.3, -0.25) is 0 Å². The summed E-state index contributed by atoms with van der Waals surface area (Å²) in [5.74, 6) is 0. The van der Waals surface area contributed by atoms with E-state index in [1.54, 1.807) is 0 Å². The van der Waals surface area contributed by atoms with Gasteiger partial charge >= 0.3 is 0 Å². The summed E-state index contributed by atoms with van der Waals surface area (Å²) in [4.78, 5) is 4.96. The number of anilines is 1. The molecule has 1 heterocycles. The second-order valence-electron chi connectivity index (χ2n) is 5.62. The maximum atomic E-state index is 3.20. The number of hydrogen-bond acceptors (Lipinski definition) is 3. The standard InChI is InChI=1S/C16H27N3/c1-14-12-15(13-17-2)6-7-16(14)18(3)10-11-19-8-4-5-9-19/h6-7,12,17H,4-5,8-11,13H2,1-3H3. The van der Waals surface area contributed by atoms with Crippen LogP contribution < -0.4 is 10.2 Å². The average Bonchev–Trinajstić information content (AvgIpc) is 2.89. The van der Waals surface area contributed by atoms with Gasteiger partial charge in [-0.1, -0.05) is 12.1 Å². The molecule has 1 N–H and O–H groups in total. The fourth-order valence-electron chi connectivity index (χ4n) is 2.88. The lowest BCUT2D eigenvalue weighted by Crippen LogP contribution is -2.31. The Kier molecular flexibility index (Phi) is 5.23. The lowest BCUT2D eigenvalue weighted by atomic mass is 10.1. The molecule has 1 fully saturated rings. The van der Waals surface area contributed by atoms with E-state index in [1.165, 1.54) is 49.3 Å². The highest BCUT2D eigenvalue weighted by molar-refractivity contribution is 5.53. The van der Waals surface area contributed by atoms with E-state index in [4.69, 9.17) is 0 Å². The molecule has 1 aliphatic heterocycles. The predicted molar refractivity (Wildman–Crippen MR) is 82.9 cm³/mol. The number of likely N-dealkylation sites (tertiary alicyclic amines) is 1. The largest absolute Gasteiger partial charge is 0.373 e. The molecule has 0 unspecified atom stereocenters. The topological polar surface area (TPSA) is 18.5 Å². The Labute approximate surface area is 117 Å². The van der Waals surface area contributed by atoms with Crippen LogP contribution in [-0.2, 0) is 6.54 Å². The lowest BCUT2D eigenvalue weighted by molar-refractivity contribution is 0.346. The maximum Gasteiger partial charge on any atom is 0.0393 e. The number of likely N-dealkylation sites (N-methyl/N-ethyl adjacent to an activating group) is 1. The van der Waals surface area contributed by atoms with Gasteiger partial charge in [0.2, 0.25) is 0 Å². The van der Waals surface area contributed by atoms with Gasteiger partial charge < -0.3 is 15.1 Å². The Morgan fingerprint density at radius 1 is 1.26 bits per heavy atom. The summed E-state index contributed by atoms with van der Waals surface area (Å²) in [7, 11) is 4.20. The van der Waals surface area contributed by atoms with Crippen LogP contribution in [0.4, 0.5) is 5.69 Å². The minimum atomic E-state index is 0.943. The zero-order valence-electron chi connectivity index (χ0n) is 12.6. The number of aryl methyl sites for hydroxylation is 1. The zero-order chi connectivity index (χ0) is 13.7. The summed E-state index contributed by atoms with van der Waals surface area (Å²) >= 11 is 0. The highest BCUT2D eigenvalue weighted by atomic mass is 15.2. The van der Waals surface area contributed by atoms with Crippen LogP contribution in [0.15, 0.2) is 18.2 Å². The first-order valence-corrected chi connectivity index (χ1v) is 7.38. The first-order valence-electron chi connectivity index (χ1n) is 7.38. The Hall–Kier alpha value is -1.06. The number of rotatable bonds is 6. The van der Waals surface area contributed by atoms with Crippen LogP contribution in [0.2, 0.25) is 0 Å². The monoisotopic (exact) mass is 261 g/mol. The predicted octanol–water partition coefficient (Wildman–Crippen LogP) is 2.25. The van der Waals surface area contributed by atoms with E-state index in [2.05, 4.69) is 47.3 Å². The molecule has 3 nitrogen and oxygen atoms in total. The molecule has 0 radical (unpaired) electrons. The Morgan fingerprint density at radius 3 is 2.63 bits per heavy atom. The average molecular weight is 261 g/mol. The summed E-state index contributed by atoms with van der Waals surface area (Å²) in [5, 5.41) is 3.20. The highest BCUT2D eigenvalue weighted by Crippen LogP contribution is 2.20. The van der Waals surface area contributed by atoms with Gasteiger partial charge in [-0.25, -0.2) is 0 Å². The molecule has 19 heavy (non-hydrogen) atoms. The van der Waals surface area contributed by atoms with Gasteiger partial charge in [0.15, 0.2) is 0 Å². The van der Waals surface area contributed by atoms with Crippen LogP contribution in [0.1, 0.15) is 24.0 Å². The third kappa shape index (κ3) is 3.95. The van der Waals surface area contributed by atoms with Crippen molar-refractivity contribution in [1.82, 2.24) is 10.2 Å². The van der Waals surface area contributed by atoms with E-state index in [0.29, 0.717) is 0 Å². The quantitative estimate of drug-likeness (QED) is 0.847. The third-order valence-electron chi connectivity index (χ3n) is 4.00. The Balaban J connectivity index is 1.92. The van der Waals surface area contributed by atoms with E-state index in [9.17, 15) is 0 Å². The van der Waals surface area contributed by atoms with Gasteiger partial charge in [-0.05, 0) is 57.1 Å². The van der Waals surface area contributed by atoms with Gasteiger partial charge in [-0.2, -0.15) is 0 Å². The molecule has 0 aromatic heterocycles. The Bertz CT molecular complexity index is 397. The van der Waals surface area contributed by atoms with Crippen LogP contribution in [0, 0.1) is 6.92 Å². The van der Waals surface area contributed by atoms with Crippen molar-refractivity contribution in [2.24, 2.45) is 0 Å². The van der Waals surface area contributed by atoms with Gasteiger partial charge in [0.05, 0.1) is 0 Å². The van der Waals surface area contributed by atoms with Crippen molar-refractivity contribution in [2.45, 2.75) is 26.3 Å². The first-order chi connectivity index (χ1) is 9.20. The highest BCUT2D eigenvalue weighted by Gasteiger charge is 2.12. The van der Waals surface area contributed by atoms with Crippen LogP contribution in [0.25, 0.3) is 0 Å². The van der Waals surface area contributed by atoms with Gasteiger partial charge in [-0.15, -0.1) is 0 Å². The van der Waals surface area contributed by atoms with Crippen molar-refractivity contribution in [3.8, 4) is 0 Å². The Morgan fingerprint density at radius 2 is 2.00 bits per heavy atom. The van der Waals surface area contributed by atoms with Gasteiger partial charge in [0, 0.05) is 32.4 Å². The van der Waals surface area contributed by atoms with Crippen molar-refractivity contribution in [1.29, 1.82) is 0 Å². The molecule has 0 aliphatic carbocycles. The molecule has 1 aromatic carbocycles. The number of benzene rings is 1. The molecule has 0 amide bonds. The molecule has 0 saturated carbocycles. The van der Waals surface area contributed by atoms with Crippen LogP contribution in [-0.4, -0.2) is 45.2 Å². The molecule has 1 aliphatic rings. The maximum absolute atomic E-state index is 3.20. The molecule has 3 heteroatoms. The molecule has 1 saturated heterocycles. The summed E-state index contributed by atoms with van der Waals surface area (Å²) < 4.78 is 0. The van der Waals surface area contributed by atoms with Crippen molar-refractivity contribution in [3.05, 3.63) is 29.3 Å². The third-order valence-corrected chi connectivity index (χ3v) is 4.00. The van der Waals surface area contributed by atoms with Crippen molar-refractivity contribution < 1.29 is 0 Å². The molecule has 1 aromatic rings. The second-order valence-corrected chi connectivity index (χ2v) is 5.62. The summed E-state index contributed by atoms with van der Waals surface area (Å²) in [5.41, 5.74) is 4.09. The van der Waals surface area contributed by atoms with Gasteiger partial charge in [0.25, 0.3) is 0 Å². The SMILES string of the molecule is CNCc1ccc(N(C)CCN2CCCC2)c(C)c1. The van der Waals surface area contributed by atoms with Gasteiger partial charge in [0.1, 0.15) is 0 Å². The number of hydrogen-bond donors (Lipinski definition) is 1. The van der Waals surface area contributed by atoms with E-state index in [1.807, 2.05) is 7.05 Å². The van der Waals surface area contributed by atoms with Crippen molar-refractivity contribution in [3.63, 3.8) is 0 Å². The second kappa shape index (κ2) is 6.92. The number of nitrogens with zero attached hydrogens (tertiary/aromatic N) is 2. The van der Waals surface area contributed by atoms with E-state index in [-0.39, 0.29) is 0 Å². The summed E-state index contributed by atoms with van der Waals surface area (Å²) in [6.45, 7) is 8.03. The van der Waals surface area contributed by atoms with E-state index < -0.39 is 0 Å². The first kappa shape index (κ1) is 14.4. The molecular formula is C16H27N3. The van der Waals surface area contributed by atoms with E-state index in [0.717, 1.165) is 13.1 Å². The molecule has 0 atom stereocenters. The summed E-state index contributed by atoms with van der Waals surface area (Å²) in [6.07, 6.45) is 2.75. The normalized spacial score (nSPS) is 15.9. The minimum absolute atomic E-state index is 0.943. The summed E-state index contributed by atoms with van der Waals surface area (Å²) in [6, 6.07) is 6.77. The zero-order valence-corrected chi connectivity index (χ0v) is 12.6. The fraction of sp³-hybridized carbons (Fsp3) is 0.625. The van der Waals surface area contributed by atoms with Crippen LogP contribution >= 0.6 is 0 Å². The molecule has 106 valence electrons. The van der Waals surface area contributed by atoms with Crippen LogP contribution in [0.5, 0.6) is 0 Å². The van der Waals surface area contributed by atoms with Crippen LogP contribution in [0.3, 0.4) is 0 Å². The van der Waals surface area contributed by atoms with Crippen molar-refractivity contribution in [2.75, 3.05) is 45.2 Å². The smallest absolute Gasteiger partial charge is 0.0393 e. The molecule has 0 bridgehead atoms. The molecule has 2 rings (SSSR count). The van der Waals surface area contributed by atoms with E-state index >= 15 is 0 Å². The fourth-order valence-corrected chi connectivity index (χ4v) is 2.88. The number of nitrogens with one attached hydrogen (secondary N) is 1.